The molecule has 0 N–H and O–H groups in total. The van der Waals surface area contributed by atoms with E-state index >= 15 is 0 Å². The highest BCUT2D eigenvalue weighted by atomic mass is 16.5. The Labute approximate surface area is 198 Å². The number of methoxy groups -OCH3 is 1. The second-order valence-electron chi connectivity index (χ2n) is 7.96. The molecule has 0 aliphatic carbocycles. The number of amides is 1. The molecule has 4 aromatic rings. The molecule has 1 aliphatic rings. The fourth-order valence-electron chi connectivity index (χ4n) is 4.38. The van der Waals surface area contributed by atoms with Crippen molar-refractivity contribution in [1.82, 2.24) is 19.3 Å². The summed E-state index contributed by atoms with van der Waals surface area (Å²) in [5, 5.41) is 0. The summed E-state index contributed by atoms with van der Waals surface area (Å²) in [4.78, 5) is 23.7. The Kier molecular flexibility index (Phi) is 5.88. The first-order chi connectivity index (χ1) is 16.7. The maximum Gasteiger partial charge on any atom is 0.299 e. The van der Waals surface area contributed by atoms with Crippen LogP contribution in [0.25, 0.3) is 16.8 Å². The molecule has 2 aromatic carbocycles. The Balaban J connectivity index is 1.49. The molecule has 0 saturated carbocycles. The smallest absolute Gasteiger partial charge is 0.299 e. The van der Waals surface area contributed by atoms with Crippen molar-refractivity contribution in [3.05, 3.63) is 72.9 Å². The Morgan fingerprint density at radius 3 is 2.68 bits per heavy atom. The lowest BCUT2D eigenvalue weighted by atomic mass is 10.1. The average Bonchev–Trinajstić information content (AvgIpc) is 3.50. The third-order valence-corrected chi connectivity index (χ3v) is 5.94. The van der Waals surface area contributed by atoms with Crippen LogP contribution < -0.4 is 9.47 Å². The fraction of sp³-hybridized carbons (Fsp3) is 0.222. The van der Waals surface area contributed by atoms with Crippen molar-refractivity contribution >= 4 is 11.4 Å². The predicted octanol–water partition coefficient (Wildman–Crippen LogP) is 4.88. The van der Waals surface area contributed by atoms with Crippen LogP contribution in [0.1, 0.15) is 31.6 Å². The van der Waals surface area contributed by atoms with Crippen LogP contribution in [0.2, 0.25) is 0 Å². The normalized spacial score (nSPS) is 15.1. The van der Waals surface area contributed by atoms with E-state index in [4.69, 9.17) is 14.5 Å². The number of imidazole rings is 1. The van der Waals surface area contributed by atoms with Gasteiger partial charge in [0.25, 0.3) is 5.91 Å². The van der Waals surface area contributed by atoms with Gasteiger partial charge in [0.05, 0.1) is 30.6 Å². The molecule has 0 spiro atoms. The van der Waals surface area contributed by atoms with E-state index < -0.39 is 0 Å². The van der Waals surface area contributed by atoms with Crippen molar-refractivity contribution in [2.24, 2.45) is 0 Å². The van der Waals surface area contributed by atoms with E-state index in [1.165, 1.54) is 0 Å². The van der Waals surface area contributed by atoms with Crippen molar-refractivity contribution < 1.29 is 14.3 Å². The monoisotopic (exact) mass is 452 g/mol. The fourth-order valence-corrected chi connectivity index (χ4v) is 4.38. The van der Waals surface area contributed by atoms with E-state index in [2.05, 4.69) is 16.8 Å². The number of fused-ring (bicyclic) bond motifs is 1. The van der Waals surface area contributed by atoms with Gasteiger partial charge in [0, 0.05) is 24.5 Å². The van der Waals surface area contributed by atoms with Crippen molar-refractivity contribution in [2.45, 2.75) is 25.8 Å². The predicted molar refractivity (Wildman–Crippen MR) is 129 cm³/mol. The average molecular weight is 453 g/mol. The lowest BCUT2D eigenvalue weighted by Crippen LogP contribution is -2.30. The number of carbonyl (C=O) groups excluding carboxylic acids is 1. The first kappa shape index (κ1) is 21.5. The van der Waals surface area contributed by atoms with E-state index in [9.17, 15) is 4.79 Å². The summed E-state index contributed by atoms with van der Waals surface area (Å²) in [7, 11) is 1.62. The molecule has 7 heteroatoms. The minimum atomic E-state index is -0.157. The highest BCUT2D eigenvalue weighted by molar-refractivity contribution is 5.94. The van der Waals surface area contributed by atoms with Gasteiger partial charge in [0.2, 0.25) is 0 Å². The number of para-hydroxylation sites is 2. The molecule has 5 rings (SSSR count). The molecule has 0 radical (unpaired) electrons. The van der Waals surface area contributed by atoms with Crippen LogP contribution >= 0.6 is 0 Å². The number of aromatic nitrogens is 3. The van der Waals surface area contributed by atoms with Crippen LogP contribution in [0, 0.1) is 11.8 Å². The summed E-state index contributed by atoms with van der Waals surface area (Å²) >= 11 is 0. The summed E-state index contributed by atoms with van der Waals surface area (Å²) < 4.78 is 13.4. The van der Waals surface area contributed by atoms with E-state index in [-0.39, 0.29) is 11.9 Å². The van der Waals surface area contributed by atoms with Crippen molar-refractivity contribution in [3.8, 4) is 40.3 Å². The highest BCUT2D eigenvalue weighted by Gasteiger charge is 2.33. The van der Waals surface area contributed by atoms with Crippen LogP contribution in [0.15, 0.2) is 67.1 Å². The van der Waals surface area contributed by atoms with Crippen LogP contribution in [0.4, 0.5) is 0 Å². The van der Waals surface area contributed by atoms with Gasteiger partial charge in [-0.2, -0.15) is 0 Å². The largest absolute Gasteiger partial charge is 0.493 e. The molecule has 1 atom stereocenters. The summed E-state index contributed by atoms with van der Waals surface area (Å²) in [5.41, 5.74) is 2.64. The maximum absolute atomic E-state index is 12.6. The van der Waals surface area contributed by atoms with Gasteiger partial charge in [0.15, 0.2) is 11.5 Å². The van der Waals surface area contributed by atoms with Gasteiger partial charge in [-0.05, 0) is 62.1 Å². The zero-order chi connectivity index (χ0) is 23.5. The van der Waals surface area contributed by atoms with Crippen molar-refractivity contribution in [3.63, 3.8) is 0 Å². The van der Waals surface area contributed by atoms with E-state index in [1.54, 1.807) is 26.4 Å². The van der Waals surface area contributed by atoms with Gasteiger partial charge in [-0.1, -0.05) is 18.1 Å². The number of ether oxygens (including phenoxy) is 2. The number of hydrogen-bond acceptors (Lipinski definition) is 5. The molecule has 1 saturated heterocycles. The Morgan fingerprint density at radius 2 is 1.91 bits per heavy atom. The van der Waals surface area contributed by atoms with Gasteiger partial charge in [-0.25, -0.2) is 4.98 Å². The van der Waals surface area contributed by atoms with Crippen LogP contribution in [0.5, 0.6) is 17.2 Å². The lowest BCUT2D eigenvalue weighted by Gasteiger charge is -2.21. The van der Waals surface area contributed by atoms with Crippen molar-refractivity contribution in [1.29, 1.82) is 0 Å². The summed E-state index contributed by atoms with van der Waals surface area (Å²) in [6.45, 7) is 2.36. The number of hydrogen-bond donors (Lipinski definition) is 0. The molecular formula is C27H24N4O3. The molecule has 7 nitrogen and oxygen atoms in total. The minimum absolute atomic E-state index is 0.120. The quantitative estimate of drug-likeness (QED) is 0.404. The van der Waals surface area contributed by atoms with Gasteiger partial charge in [0.1, 0.15) is 11.6 Å². The van der Waals surface area contributed by atoms with Gasteiger partial charge < -0.3 is 14.4 Å². The molecule has 0 unspecified atom stereocenters. The second-order valence-corrected chi connectivity index (χ2v) is 7.96. The third kappa shape index (κ3) is 3.95. The molecular weight excluding hydrogens is 428 g/mol. The van der Waals surface area contributed by atoms with Gasteiger partial charge >= 0.3 is 0 Å². The SMILES string of the molecule is CC#CC(=O)N1CCC[C@H]1c1nc(-c2ccc(Oc3ccccc3OC)cc2)c2cnccn12. The maximum atomic E-state index is 12.6. The molecule has 1 amide bonds. The Bertz CT molecular complexity index is 1400. The van der Waals surface area contributed by atoms with E-state index in [0.29, 0.717) is 23.8 Å². The number of benzene rings is 2. The van der Waals surface area contributed by atoms with Gasteiger partial charge in [-0.15, -0.1) is 0 Å². The van der Waals surface area contributed by atoms with E-state index in [1.807, 2.05) is 64.0 Å². The Hall–Kier alpha value is -4.31. The summed E-state index contributed by atoms with van der Waals surface area (Å²) in [5.74, 6) is 8.07. The molecule has 170 valence electrons. The number of nitrogens with zero attached hydrogens (tertiary/aromatic N) is 4. The second kappa shape index (κ2) is 9.28. The first-order valence-corrected chi connectivity index (χ1v) is 11.2. The van der Waals surface area contributed by atoms with Gasteiger partial charge in [-0.3, -0.25) is 14.2 Å². The Morgan fingerprint density at radius 1 is 1.12 bits per heavy atom. The molecule has 1 aliphatic heterocycles. The highest BCUT2D eigenvalue weighted by Crippen LogP contribution is 2.36. The van der Waals surface area contributed by atoms with Crippen molar-refractivity contribution in [2.75, 3.05) is 13.7 Å². The topological polar surface area (TPSA) is 69.0 Å². The zero-order valence-electron chi connectivity index (χ0n) is 19.1. The van der Waals surface area contributed by atoms with E-state index in [0.717, 1.165) is 35.4 Å². The molecule has 0 bridgehead atoms. The number of rotatable bonds is 5. The van der Waals surface area contributed by atoms with Crippen LogP contribution in [0.3, 0.4) is 0 Å². The standard InChI is InChI=1S/C27H24N4O3/c1-3-7-25(32)30-16-6-8-21(30)27-29-26(22-18-28-15-17-31(22)27)19-11-13-20(14-12-19)34-24-10-5-4-9-23(24)33-2/h4-5,9-15,17-18,21H,6,8,16H2,1-2H3/t21-/m0/s1. The summed E-state index contributed by atoms with van der Waals surface area (Å²) in [6, 6.07) is 15.2. The summed E-state index contributed by atoms with van der Waals surface area (Å²) in [6.07, 6.45) is 7.21. The van der Waals surface area contributed by atoms with Crippen LogP contribution in [-0.4, -0.2) is 38.8 Å². The molecule has 1 fully saturated rings. The number of carbonyl (C=O) groups is 1. The zero-order valence-corrected chi connectivity index (χ0v) is 19.1. The minimum Gasteiger partial charge on any atom is -0.493 e. The third-order valence-electron chi connectivity index (χ3n) is 5.94. The lowest BCUT2D eigenvalue weighted by molar-refractivity contribution is -0.126. The molecule has 3 heterocycles. The van der Waals surface area contributed by atoms with Crippen LogP contribution in [-0.2, 0) is 4.79 Å². The molecule has 2 aromatic heterocycles. The first-order valence-electron chi connectivity index (χ1n) is 11.2. The number of likely N-dealkylation sites (tertiary alicyclic amines) is 1. The molecule has 34 heavy (non-hydrogen) atoms.